The van der Waals surface area contributed by atoms with Gasteiger partial charge in [0.2, 0.25) is 0 Å². The van der Waals surface area contributed by atoms with Gasteiger partial charge in [-0.3, -0.25) is 9.59 Å². The molecule has 1 amide bonds. The number of hydrogen-bond donors (Lipinski definition) is 1. The summed E-state index contributed by atoms with van der Waals surface area (Å²) in [4.78, 5) is 33.1. The first-order valence-electron chi connectivity index (χ1n) is 8.68. The van der Waals surface area contributed by atoms with Gasteiger partial charge >= 0.3 is 0 Å². The fraction of sp³-hybridized carbons (Fsp3) is 0.150. The predicted octanol–water partition coefficient (Wildman–Crippen LogP) is 3.57. The number of aromatic amines is 1. The van der Waals surface area contributed by atoms with Crippen LogP contribution in [0.15, 0.2) is 57.1 Å². The highest BCUT2D eigenvalue weighted by Gasteiger charge is 2.18. The number of furan rings is 1. The highest BCUT2D eigenvalue weighted by molar-refractivity contribution is 7.17. The van der Waals surface area contributed by atoms with Crippen molar-refractivity contribution in [1.82, 2.24) is 14.9 Å². The van der Waals surface area contributed by atoms with Crippen LogP contribution in [0.25, 0.3) is 10.2 Å². The second-order valence-corrected chi connectivity index (χ2v) is 7.23. The molecule has 3 heterocycles. The number of thiophene rings is 1. The summed E-state index contributed by atoms with van der Waals surface area (Å²) in [6.45, 7) is 0.230. The van der Waals surface area contributed by atoms with Gasteiger partial charge in [0.1, 0.15) is 34.5 Å². The second-order valence-electron chi connectivity index (χ2n) is 6.32. The van der Waals surface area contributed by atoms with Crippen LogP contribution in [0.4, 0.5) is 4.39 Å². The molecule has 0 aliphatic heterocycles. The quantitative estimate of drug-likeness (QED) is 0.522. The van der Waals surface area contributed by atoms with E-state index in [4.69, 9.17) is 9.15 Å². The number of carbonyl (C=O) groups is 1. The van der Waals surface area contributed by atoms with E-state index in [-0.39, 0.29) is 36.2 Å². The van der Waals surface area contributed by atoms with Gasteiger partial charge in [0.05, 0.1) is 12.1 Å². The molecule has 0 bridgehead atoms. The summed E-state index contributed by atoms with van der Waals surface area (Å²) in [5.41, 5.74) is 0.381. The lowest BCUT2D eigenvalue weighted by molar-refractivity contribution is 0.0745. The van der Waals surface area contributed by atoms with Gasteiger partial charge in [-0.1, -0.05) is 0 Å². The molecule has 0 aliphatic rings. The number of hydrogen-bond acceptors (Lipinski definition) is 6. The highest BCUT2D eigenvalue weighted by Crippen LogP contribution is 2.17. The van der Waals surface area contributed by atoms with E-state index in [9.17, 15) is 14.0 Å². The van der Waals surface area contributed by atoms with E-state index in [1.54, 1.807) is 30.6 Å². The van der Waals surface area contributed by atoms with Crippen molar-refractivity contribution in [2.45, 2.75) is 13.2 Å². The van der Waals surface area contributed by atoms with Crippen molar-refractivity contribution >= 4 is 27.5 Å². The maximum Gasteiger partial charge on any atom is 0.289 e. The zero-order chi connectivity index (χ0) is 20.4. The number of nitrogens with zero attached hydrogens (tertiary/aromatic N) is 2. The molecule has 0 fully saturated rings. The van der Waals surface area contributed by atoms with Gasteiger partial charge in [0.15, 0.2) is 5.76 Å². The van der Waals surface area contributed by atoms with Crippen LogP contribution >= 0.6 is 11.3 Å². The Labute approximate surface area is 168 Å². The molecule has 0 saturated heterocycles. The minimum absolute atomic E-state index is 0.103. The van der Waals surface area contributed by atoms with Crippen LogP contribution in [0.5, 0.6) is 5.75 Å². The molecule has 9 heteroatoms. The fourth-order valence-corrected chi connectivity index (χ4v) is 3.46. The van der Waals surface area contributed by atoms with Crippen LogP contribution in [0, 0.1) is 5.82 Å². The van der Waals surface area contributed by atoms with Crippen LogP contribution < -0.4 is 10.3 Å². The smallest absolute Gasteiger partial charge is 0.289 e. The van der Waals surface area contributed by atoms with Crippen molar-refractivity contribution in [3.8, 4) is 5.75 Å². The van der Waals surface area contributed by atoms with E-state index in [2.05, 4.69) is 9.97 Å². The van der Waals surface area contributed by atoms with Gasteiger partial charge in [0, 0.05) is 7.05 Å². The first kappa shape index (κ1) is 18.9. The monoisotopic (exact) mass is 413 g/mol. The number of ether oxygens (including phenoxy) is 1. The molecule has 0 atom stereocenters. The number of aromatic nitrogens is 2. The average Bonchev–Trinajstić information content (AvgIpc) is 3.36. The van der Waals surface area contributed by atoms with Crippen LogP contribution in [-0.2, 0) is 13.2 Å². The number of rotatable bonds is 6. The Morgan fingerprint density at radius 2 is 2.03 bits per heavy atom. The number of H-pyrrole nitrogens is 1. The molecule has 29 heavy (non-hydrogen) atoms. The summed E-state index contributed by atoms with van der Waals surface area (Å²) in [5.74, 6) is 0.780. The SMILES string of the molecule is CN(Cc1nc2ccsc2c(=O)[nH]1)C(=O)c1ccc(COc2ccc(F)cc2)o1. The van der Waals surface area contributed by atoms with Crippen LogP contribution in [-0.4, -0.2) is 27.8 Å². The third-order valence-electron chi connectivity index (χ3n) is 4.16. The Morgan fingerprint density at radius 1 is 1.24 bits per heavy atom. The Morgan fingerprint density at radius 3 is 2.83 bits per heavy atom. The van der Waals surface area contributed by atoms with Gasteiger partial charge in [-0.2, -0.15) is 0 Å². The van der Waals surface area contributed by atoms with Crippen molar-refractivity contribution in [3.63, 3.8) is 0 Å². The summed E-state index contributed by atoms with van der Waals surface area (Å²) in [7, 11) is 1.59. The van der Waals surface area contributed by atoms with Crippen molar-refractivity contribution in [3.05, 3.63) is 81.4 Å². The topological polar surface area (TPSA) is 88.4 Å². The van der Waals surface area contributed by atoms with Gasteiger partial charge in [-0.05, 0) is 47.8 Å². The van der Waals surface area contributed by atoms with E-state index in [1.807, 2.05) is 0 Å². The van der Waals surface area contributed by atoms with Gasteiger partial charge in [-0.15, -0.1) is 11.3 Å². The van der Waals surface area contributed by atoms with Crippen molar-refractivity contribution in [1.29, 1.82) is 0 Å². The lowest BCUT2D eigenvalue weighted by atomic mass is 10.3. The maximum absolute atomic E-state index is 12.9. The maximum atomic E-state index is 12.9. The molecular weight excluding hydrogens is 397 g/mol. The highest BCUT2D eigenvalue weighted by atomic mass is 32.1. The molecule has 0 aliphatic carbocycles. The molecule has 0 radical (unpaired) electrons. The van der Waals surface area contributed by atoms with Crippen LogP contribution in [0.2, 0.25) is 0 Å². The number of halogens is 1. The van der Waals surface area contributed by atoms with Crippen LogP contribution in [0.3, 0.4) is 0 Å². The largest absolute Gasteiger partial charge is 0.486 e. The van der Waals surface area contributed by atoms with Crippen molar-refractivity contribution in [2.24, 2.45) is 0 Å². The zero-order valence-corrected chi connectivity index (χ0v) is 16.2. The Hall–Kier alpha value is -3.46. The molecule has 148 valence electrons. The number of nitrogens with one attached hydrogen (secondary N) is 1. The summed E-state index contributed by atoms with van der Waals surface area (Å²) < 4.78 is 24.5. The van der Waals surface area contributed by atoms with E-state index in [0.29, 0.717) is 27.6 Å². The summed E-state index contributed by atoms with van der Waals surface area (Å²) in [5, 5.41) is 1.80. The number of amides is 1. The molecule has 3 aromatic heterocycles. The normalized spacial score (nSPS) is 11.0. The number of benzene rings is 1. The summed E-state index contributed by atoms with van der Waals surface area (Å²) in [6.07, 6.45) is 0. The van der Waals surface area contributed by atoms with Gasteiger partial charge < -0.3 is 19.0 Å². The van der Waals surface area contributed by atoms with Gasteiger partial charge in [0.25, 0.3) is 11.5 Å². The molecule has 0 saturated carbocycles. The first-order valence-corrected chi connectivity index (χ1v) is 9.56. The number of fused-ring (bicyclic) bond motifs is 1. The molecule has 4 rings (SSSR count). The lowest BCUT2D eigenvalue weighted by Crippen LogP contribution is -2.28. The minimum Gasteiger partial charge on any atom is -0.486 e. The lowest BCUT2D eigenvalue weighted by Gasteiger charge is -2.15. The average molecular weight is 413 g/mol. The zero-order valence-electron chi connectivity index (χ0n) is 15.3. The third-order valence-corrected chi connectivity index (χ3v) is 5.07. The molecule has 7 nitrogen and oxygen atoms in total. The van der Waals surface area contributed by atoms with Crippen molar-refractivity contribution < 1.29 is 18.3 Å². The Kier molecular flexibility index (Phi) is 5.13. The van der Waals surface area contributed by atoms with E-state index in [1.165, 1.54) is 40.5 Å². The molecule has 1 aromatic carbocycles. The van der Waals surface area contributed by atoms with E-state index >= 15 is 0 Å². The first-order chi connectivity index (χ1) is 14.0. The standard InChI is InChI=1S/C20H16FN3O4S/c1-24(10-17-22-15-8-9-29-18(15)19(25)23-17)20(26)16-7-6-14(28-16)11-27-13-4-2-12(21)3-5-13/h2-9H,10-11H2,1H3,(H,22,23,25). The second kappa shape index (κ2) is 7.88. The summed E-state index contributed by atoms with van der Waals surface area (Å²) in [6, 6.07) is 10.6. The molecular formula is C20H16FN3O4S. The van der Waals surface area contributed by atoms with E-state index < -0.39 is 0 Å². The minimum atomic E-state index is -0.355. The third kappa shape index (κ3) is 4.19. The Bertz CT molecular complexity index is 1210. The van der Waals surface area contributed by atoms with Crippen molar-refractivity contribution in [2.75, 3.05) is 7.05 Å². The predicted molar refractivity (Wildman–Crippen MR) is 105 cm³/mol. The van der Waals surface area contributed by atoms with E-state index in [0.717, 1.165) is 0 Å². The number of carbonyl (C=O) groups excluding carboxylic acids is 1. The van der Waals surface area contributed by atoms with Crippen LogP contribution in [0.1, 0.15) is 22.1 Å². The molecule has 1 N–H and O–H groups in total. The molecule has 0 unspecified atom stereocenters. The molecule has 0 spiro atoms. The molecule has 4 aromatic rings. The summed E-state index contributed by atoms with van der Waals surface area (Å²) >= 11 is 1.32. The fourth-order valence-electron chi connectivity index (χ4n) is 2.74. The Balaban J connectivity index is 1.40. The van der Waals surface area contributed by atoms with Gasteiger partial charge in [-0.25, -0.2) is 9.37 Å².